The van der Waals surface area contributed by atoms with Crippen LogP contribution in [0.4, 0.5) is 0 Å². The molecule has 3 nitrogen and oxygen atoms in total. The third kappa shape index (κ3) is 4.73. The molecule has 0 heterocycles. The number of hydrogen-bond acceptors (Lipinski definition) is 2. The number of rotatable bonds is 4. The van der Waals surface area contributed by atoms with E-state index in [1.54, 1.807) is 6.07 Å². The Morgan fingerprint density at radius 1 is 1.53 bits per heavy atom. The maximum atomic E-state index is 11.5. The molecule has 1 aromatic carbocycles. The van der Waals surface area contributed by atoms with Gasteiger partial charge in [0.1, 0.15) is 0 Å². The number of nitriles is 1. The van der Waals surface area contributed by atoms with Crippen LogP contribution < -0.4 is 5.32 Å². The van der Waals surface area contributed by atoms with Gasteiger partial charge in [0, 0.05) is 12.3 Å². The molecule has 0 aromatic heterocycles. The topological polar surface area (TPSA) is 52.9 Å². The molecule has 0 radical (unpaired) electrons. The second kappa shape index (κ2) is 6.60. The van der Waals surface area contributed by atoms with Gasteiger partial charge >= 0.3 is 0 Å². The van der Waals surface area contributed by atoms with Crippen LogP contribution in [0.2, 0.25) is 0 Å². The normalized spacial score (nSPS) is 11.9. The molecule has 90 valence electrons. The summed E-state index contributed by atoms with van der Waals surface area (Å²) in [5.41, 5.74) is 1.72. The van der Waals surface area contributed by atoms with Gasteiger partial charge in [0.15, 0.2) is 0 Å². The first kappa shape index (κ1) is 14.0. The highest BCUT2D eigenvalue weighted by atomic mass is 127. The summed E-state index contributed by atoms with van der Waals surface area (Å²) in [4.78, 5) is 11.5. The van der Waals surface area contributed by atoms with Crippen molar-refractivity contribution in [1.82, 2.24) is 5.32 Å². The van der Waals surface area contributed by atoms with Gasteiger partial charge < -0.3 is 5.32 Å². The van der Waals surface area contributed by atoms with E-state index in [1.165, 1.54) is 0 Å². The van der Waals surface area contributed by atoms with E-state index >= 15 is 0 Å². The molecule has 1 atom stereocenters. The minimum atomic E-state index is -0.00212. The Labute approximate surface area is 115 Å². The standard InChI is InChI=1S/C13H15IN2O/c1-9(2)13(17)16-12(14)7-10-4-3-5-11(6-10)8-15/h3-6,9,12H,7H2,1-2H3,(H,16,17). The lowest BCUT2D eigenvalue weighted by atomic mass is 10.1. The Bertz CT molecular complexity index is 437. The minimum Gasteiger partial charge on any atom is -0.344 e. The molecule has 0 aliphatic heterocycles. The van der Waals surface area contributed by atoms with Crippen molar-refractivity contribution in [3.05, 3.63) is 35.4 Å². The lowest BCUT2D eigenvalue weighted by Gasteiger charge is -2.14. The van der Waals surface area contributed by atoms with E-state index in [4.69, 9.17) is 5.26 Å². The third-order valence-corrected chi connectivity index (χ3v) is 3.05. The molecule has 0 bridgehead atoms. The summed E-state index contributed by atoms with van der Waals surface area (Å²) in [5.74, 6) is 0.0542. The van der Waals surface area contributed by atoms with E-state index in [0.717, 1.165) is 12.0 Å². The number of nitrogens with one attached hydrogen (secondary N) is 1. The van der Waals surface area contributed by atoms with Crippen LogP contribution in [0.15, 0.2) is 24.3 Å². The molecule has 0 saturated heterocycles. The summed E-state index contributed by atoms with van der Waals surface area (Å²) in [6.45, 7) is 3.74. The van der Waals surface area contributed by atoms with Gasteiger partial charge in [0.05, 0.1) is 15.7 Å². The van der Waals surface area contributed by atoms with Crippen molar-refractivity contribution in [1.29, 1.82) is 5.26 Å². The van der Waals surface area contributed by atoms with Crippen LogP contribution in [0, 0.1) is 17.2 Å². The average Bonchev–Trinajstić information content (AvgIpc) is 2.28. The van der Waals surface area contributed by atoms with Gasteiger partial charge in [-0.2, -0.15) is 5.26 Å². The summed E-state index contributed by atoms with van der Waals surface area (Å²) in [6, 6.07) is 9.57. The van der Waals surface area contributed by atoms with E-state index in [9.17, 15) is 4.79 Å². The molecule has 1 rings (SSSR count). The fraction of sp³-hybridized carbons (Fsp3) is 0.385. The monoisotopic (exact) mass is 342 g/mol. The van der Waals surface area contributed by atoms with Gasteiger partial charge in [0.25, 0.3) is 0 Å². The second-order valence-corrected chi connectivity index (χ2v) is 5.65. The molecule has 17 heavy (non-hydrogen) atoms. The number of nitrogens with zero attached hydrogens (tertiary/aromatic N) is 1. The summed E-state index contributed by atoms with van der Waals surface area (Å²) < 4.78 is 0.0523. The van der Waals surface area contributed by atoms with E-state index in [2.05, 4.69) is 34.0 Å². The summed E-state index contributed by atoms with van der Waals surface area (Å²) in [5, 5.41) is 11.7. The average molecular weight is 342 g/mol. The Balaban J connectivity index is 2.59. The highest BCUT2D eigenvalue weighted by Gasteiger charge is 2.12. The predicted molar refractivity (Wildman–Crippen MR) is 75.6 cm³/mol. The summed E-state index contributed by atoms with van der Waals surface area (Å²) in [7, 11) is 0. The number of amides is 1. The lowest BCUT2D eigenvalue weighted by molar-refractivity contribution is -0.124. The Kier molecular flexibility index (Phi) is 5.42. The number of carbonyl (C=O) groups is 1. The van der Waals surface area contributed by atoms with Crippen molar-refractivity contribution in [3.8, 4) is 6.07 Å². The zero-order valence-corrected chi connectivity index (χ0v) is 12.1. The largest absolute Gasteiger partial charge is 0.344 e. The van der Waals surface area contributed by atoms with Gasteiger partial charge in [-0.25, -0.2) is 0 Å². The van der Waals surface area contributed by atoms with Crippen molar-refractivity contribution in [2.75, 3.05) is 0 Å². The molecule has 1 aromatic rings. The third-order valence-electron chi connectivity index (χ3n) is 2.29. The van der Waals surface area contributed by atoms with Crippen molar-refractivity contribution >= 4 is 28.5 Å². The lowest BCUT2D eigenvalue weighted by Crippen LogP contribution is -2.34. The molecule has 1 unspecified atom stereocenters. The van der Waals surface area contributed by atoms with E-state index in [-0.39, 0.29) is 15.9 Å². The van der Waals surface area contributed by atoms with Gasteiger partial charge in [0.2, 0.25) is 5.91 Å². The Morgan fingerprint density at radius 3 is 2.82 bits per heavy atom. The molecule has 1 amide bonds. The molecular weight excluding hydrogens is 327 g/mol. The van der Waals surface area contributed by atoms with Gasteiger partial charge in [-0.05, 0) is 17.7 Å². The number of hydrogen-bond donors (Lipinski definition) is 1. The number of carbonyl (C=O) groups excluding carboxylic acids is 1. The summed E-state index contributed by atoms with van der Waals surface area (Å²) >= 11 is 2.20. The molecule has 0 spiro atoms. The van der Waals surface area contributed by atoms with Crippen LogP contribution in [0.25, 0.3) is 0 Å². The van der Waals surface area contributed by atoms with Crippen LogP contribution in [0.5, 0.6) is 0 Å². The molecule has 0 fully saturated rings. The van der Waals surface area contributed by atoms with E-state index < -0.39 is 0 Å². The highest BCUT2D eigenvalue weighted by molar-refractivity contribution is 14.1. The maximum Gasteiger partial charge on any atom is 0.223 e. The van der Waals surface area contributed by atoms with Gasteiger partial charge in [-0.1, -0.05) is 48.6 Å². The first-order chi connectivity index (χ1) is 8.02. The van der Waals surface area contributed by atoms with Crippen LogP contribution in [-0.4, -0.2) is 9.96 Å². The SMILES string of the molecule is CC(C)C(=O)NC(I)Cc1cccc(C#N)c1. The van der Waals surface area contributed by atoms with Crippen molar-refractivity contribution in [2.24, 2.45) is 5.92 Å². The maximum absolute atomic E-state index is 11.5. The smallest absolute Gasteiger partial charge is 0.223 e. The highest BCUT2D eigenvalue weighted by Crippen LogP contribution is 2.11. The predicted octanol–water partition coefficient (Wildman–Crippen LogP) is 2.63. The fourth-order valence-electron chi connectivity index (χ4n) is 1.35. The van der Waals surface area contributed by atoms with Crippen LogP contribution >= 0.6 is 22.6 Å². The van der Waals surface area contributed by atoms with Crippen LogP contribution in [0.3, 0.4) is 0 Å². The van der Waals surface area contributed by atoms with E-state index in [1.807, 2.05) is 32.0 Å². The molecule has 1 N–H and O–H groups in total. The molecule has 0 aliphatic rings. The first-order valence-corrected chi connectivity index (χ1v) is 6.71. The molecule has 0 saturated carbocycles. The number of benzene rings is 1. The van der Waals surface area contributed by atoms with Crippen LogP contribution in [-0.2, 0) is 11.2 Å². The zero-order valence-electron chi connectivity index (χ0n) is 9.90. The molecule has 0 aliphatic carbocycles. The van der Waals surface area contributed by atoms with Crippen molar-refractivity contribution < 1.29 is 4.79 Å². The molecule has 4 heteroatoms. The Morgan fingerprint density at radius 2 is 2.24 bits per heavy atom. The van der Waals surface area contributed by atoms with Gasteiger partial charge in [-0.15, -0.1) is 0 Å². The van der Waals surface area contributed by atoms with Crippen molar-refractivity contribution in [3.63, 3.8) is 0 Å². The van der Waals surface area contributed by atoms with Gasteiger partial charge in [-0.3, -0.25) is 4.79 Å². The minimum absolute atomic E-state index is 0.00212. The second-order valence-electron chi connectivity index (χ2n) is 4.15. The first-order valence-electron chi connectivity index (χ1n) is 5.46. The summed E-state index contributed by atoms with van der Waals surface area (Å²) in [6.07, 6.45) is 0.731. The Hall–Kier alpha value is -1.09. The number of halogens is 1. The fourth-order valence-corrected chi connectivity index (χ4v) is 2.16. The van der Waals surface area contributed by atoms with E-state index in [0.29, 0.717) is 5.56 Å². The van der Waals surface area contributed by atoms with Crippen molar-refractivity contribution in [2.45, 2.75) is 24.3 Å². The zero-order chi connectivity index (χ0) is 12.8. The molecular formula is C13H15IN2O. The number of alkyl halides is 1. The van der Waals surface area contributed by atoms with Crippen LogP contribution in [0.1, 0.15) is 25.0 Å². The quantitative estimate of drug-likeness (QED) is 0.520.